The normalized spacial score (nSPS) is 12.3. The molecule has 0 heterocycles. The Morgan fingerprint density at radius 3 is 2.16 bits per heavy atom. The van der Waals surface area contributed by atoms with Crippen LogP contribution in [0.2, 0.25) is 5.02 Å². The maximum absolute atomic E-state index is 13.4. The Bertz CT molecular complexity index is 1060. The molecular formula is C23H30ClN3O4S. The number of nitrogens with one attached hydrogen (secondary N) is 1. The van der Waals surface area contributed by atoms with Crippen molar-refractivity contribution in [1.82, 2.24) is 10.2 Å². The largest absolute Gasteiger partial charge is 0.352 e. The fourth-order valence-electron chi connectivity index (χ4n) is 3.18. The van der Waals surface area contributed by atoms with Crippen molar-refractivity contribution in [3.63, 3.8) is 0 Å². The molecule has 32 heavy (non-hydrogen) atoms. The van der Waals surface area contributed by atoms with Crippen LogP contribution in [-0.4, -0.2) is 50.0 Å². The van der Waals surface area contributed by atoms with Gasteiger partial charge in [-0.3, -0.25) is 13.9 Å². The number of sulfonamides is 1. The van der Waals surface area contributed by atoms with Gasteiger partial charge in [0.2, 0.25) is 21.8 Å². The summed E-state index contributed by atoms with van der Waals surface area (Å²) in [7, 11) is -3.76. The quantitative estimate of drug-likeness (QED) is 0.597. The smallest absolute Gasteiger partial charge is 0.244 e. The van der Waals surface area contributed by atoms with Crippen LogP contribution in [0.1, 0.15) is 31.9 Å². The summed E-state index contributed by atoms with van der Waals surface area (Å²) in [5.41, 5.74) is 2.17. The van der Waals surface area contributed by atoms with E-state index in [4.69, 9.17) is 11.6 Å². The van der Waals surface area contributed by atoms with Crippen molar-refractivity contribution in [1.29, 1.82) is 0 Å². The van der Waals surface area contributed by atoms with Crippen molar-refractivity contribution in [2.75, 3.05) is 17.1 Å². The predicted molar refractivity (Wildman–Crippen MR) is 128 cm³/mol. The van der Waals surface area contributed by atoms with E-state index < -0.39 is 28.5 Å². The van der Waals surface area contributed by atoms with Crippen LogP contribution < -0.4 is 9.62 Å². The first-order valence-corrected chi connectivity index (χ1v) is 12.5. The number of aryl methyl sites for hydroxylation is 1. The lowest BCUT2D eigenvalue weighted by molar-refractivity contribution is -0.139. The van der Waals surface area contributed by atoms with Crippen LogP contribution in [0.15, 0.2) is 48.5 Å². The number of carbonyl (C=O) groups excluding carboxylic acids is 2. The summed E-state index contributed by atoms with van der Waals surface area (Å²) in [6, 6.07) is 12.9. The summed E-state index contributed by atoms with van der Waals surface area (Å²) in [6.07, 6.45) is 1.04. The van der Waals surface area contributed by atoms with Gasteiger partial charge in [0.25, 0.3) is 0 Å². The Balaban J connectivity index is 2.39. The molecule has 0 aromatic heterocycles. The molecule has 0 saturated heterocycles. The van der Waals surface area contributed by atoms with Crippen LogP contribution >= 0.6 is 11.6 Å². The van der Waals surface area contributed by atoms with Crippen LogP contribution in [-0.2, 0) is 26.2 Å². The van der Waals surface area contributed by atoms with Gasteiger partial charge >= 0.3 is 0 Å². The van der Waals surface area contributed by atoms with Crippen molar-refractivity contribution in [3.05, 3.63) is 64.7 Å². The van der Waals surface area contributed by atoms with Crippen molar-refractivity contribution in [2.45, 2.75) is 46.3 Å². The van der Waals surface area contributed by atoms with Gasteiger partial charge in [-0.15, -0.1) is 0 Å². The van der Waals surface area contributed by atoms with Gasteiger partial charge in [0, 0.05) is 17.6 Å². The number of nitrogens with zero attached hydrogens (tertiary/aromatic N) is 2. The standard InChI is InChI=1S/C23H30ClN3O4S/c1-16(2)25-23(29)18(4)26(14-19-9-7-6-8-17(19)3)22(28)15-27(32(5,30)31)21-12-10-20(24)11-13-21/h6-13,16,18H,14-15H2,1-5H3,(H,25,29)/t18-/m1/s1. The summed E-state index contributed by atoms with van der Waals surface area (Å²) in [4.78, 5) is 27.5. The summed E-state index contributed by atoms with van der Waals surface area (Å²) in [6.45, 7) is 6.98. The van der Waals surface area contributed by atoms with Gasteiger partial charge in [0.05, 0.1) is 11.9 Å². The number of amides is 2. The number of anilines is 1. The zero-order chi connectivity index (χ0) is 24.1. The molecule has 7 nitrogen and oxygen atoms in total. The summed E-state index contributed by atoms with van der Waals surface area (Å²) >= 11 is 5.92. The number of halogens is 1. The predicted octanol–water partition coefficient (Wildman–Crippen LogP) is 3.36. The fraction of sp³-hybridized carbons (Fsp3) is 0.391. The first kappa shape index (κ1) is 25.7. The molecule has 2 aromatic rings. The van der Waals surface area contributed by atoms with Crippen molar-refractivity contribution in [2.24, 2.45) is 0 Å². The van der Waals surface area contributed by atoms with E-state index in [1.54, 1.807) is 19.1 Å². The molecule has 0 radical (unpaired) electrons. The number of hydrogen-bond donors (Lipinski definition) is 1. The molecule has 9 heteroatoms. The summed E-state index contributed by atoms with van der Waals surface area (Å²) in [5, 5.41) is 3.27. The van der Waals surface area contributed by atoms with Gasteiger partial charge in [0.15, 0.2) is 0 Å². The Morgan fingerprint density at radius 1 is 1.03 bits per heavy atom. The molecule has 0 aliphatic heterocycles. The van der Waals surface area contributed by atoms with Crippen LogP contribution in [0, 0.1) is 6.92 Å². The minimum absolute atomic E-state index is 0.0954. The molecule has 0 bridgehead atoms. The molecule has 2 rings (SSSR count). The molecule has 0 saturated carbocycles. The molecule has 2 aromatic carbocycles. The monoisotopic (exact) mass is 479 g/mol. The SMILES string of the molecule is Cc1ccccc1CN(C(=O)CN(c1ccc(Cl)cc1)S(C)(=O)=O)[C@H](C)C(=O)NC(C)C. The zero-order valence-corrected chi connectivity index (χ0v) is 20.6. The summed E-state index contributed by atoms with van der Waals surface area (Å²) in [5.74, 6) is -0.792. The van der Waals surface area contributed by atoms with E-state index in [-0.39, 0.29) is 18.5 Å². The minimum atomic E-state index is -3.76. The molecule has 0 unspecified atom stereocenters. The second-order valence-electron chi connectivity index (χ2n) is 8.03. The van der Waals surface area contributed by atoms with E-state index in [9.17, 15) is 18.0 Å². The number of benzene rings is 2. The Labute approximate surface area is 195 Å². The Hall–Kier alpha value is -2.58. The lowest BCUT2D eigenvalue weighted by Crippen LogP contribution is -2.52. The highest BCUT2D eigenvalue weighted by Crippen LogP contribution is 2.21. The van der Waals surface area contributed by atoms with Crippen molar-refractivity contribution >= 4 is 39.1 Å². The first-order chi connectivity index (χ1) is 14.9. The molecule has 2 amide bonds. The van der Waals surface area contributed by atoms with E-state index >= 15 is 0 Å². The molecule has 0 aliphatic carbocycles. The average molecular weight is 480 g/mol. The van der Waals surface area contributed by atoms with Gasteiger partial charge < -0.3 is 10.2 Å². The van der Waals surface area contributed by atoms with Crippen LogP contribution in [0.3, 0.4) is 0 Å². The Morgan fingerprint density at radius 2 is 1.62 bits per heavy atom. The molecule has 0 aliphatic rings. The highest BCUT2D eigenvalue weighted by atomic mass is 35.5. The highest BCUT2D eigenvalue weighted by Gasteiger charge is 2.30. The molecule has 0 spiro atoms. The summed E-state index contributed by atoms with van der Waals surface area (Å²) < 4.78 is 26.0. The van der Waals surface area contributed by atoms with Gasteiger partial charge in [-0.25, -0.2) is 8.42 Å². The van der Waals surface area contributed by atoms with Crippen LogP contribution in [0.25, 0.3) is 0 Å². The van der Waals surface area contributed by atoms with Crippen LogP contribution in [0.5, 0.6) is 0 Å². The molecule has 0 fully saturated rings. The maximum atomic E-state index is 13.4. The molecule has 174 valence electrons. The van der Waals surface area contributed by atoms with Gasteiger partial charge in [-0.05, 0) is 63.1 Å². The molecule has 1 atom stereocenters. The minimum Gasteiger partial charge on any atom is -0.352 e. The number of hydrogen-bond acceptors (Lipinski definition) is 4. The number of rotatable bonds is 9. The molecular weight excluding hydrogens is 450 g/mol. The highest BCUT2D eigenvalue weighted by molar-refractivity contribution is 7.92. The third kappa shape index (κ3) is 6.97. The van der Waals surface area contributed by atoms with E-state index in [1.165, 1.54) is 17.0 Å². The number of carbonyl (C=O) groups is 2. The zero-order valence-electron chi connectivity index (χ0n) is 19.0. The van der Waals surface area contributed by atoms with Crippen LogP contribution in [0.4, 0.5) is 5.69 Å². The molecule has 1 N–H and O–H groups in total. The van der Waals surface area contributed by atoms with Gasteiger partial charge in [0.1, 0.15) is 12.6 Å². The third-order valence-corrected chi connectivity index (χ3v) is 6.39. The lowest BCUT2D eigenvalue weighted by atomic mass is 10.1. The third-order valence-electron chi connectivity index (χ3n) is 4.99. The Kier molecular flexibility index (Phi) is 8.69. The van der Waals surface area contributed by atoms with Gasteiger partial charge in [-0.1, -0.05) is 35.9 Å². The second-order valence-corrected chi connectivity index (χ2v) is 10.4. The van der Waals surface area contributed by atoms with E-state index in [0.717, 1.165) is 21.7 Å². The lowest BCUT2D eigenvalue weighted by Gasteiger charge is -2.32. The second kappa shape index (κ2) is 10.8. The van der Waals surface area contributed by atoms with Gasteiger partial charge in [-0.2, -0.15) is 0 Å². The first-order valence-electron chi connectivity index (χ1n) is 10.3. The van der Waals surface area contributed by atoms with E-state index in [2.05, 4.69) is 5.32 Å². The fourth-order valence-corrected chi connectivity index (χ4v) is 4.16. The maximum Gasteiger partial charge on any atom is 0.244 e. The average Bonchev–Trinajstić information content (AvgIpc) is 2.70. The van der Waals surface area contributed by atoms with E-state index in [0.29, 0.717) is 10.7 Å². The topological polar surface area (TPSA) is 86.8 Å². The van der Waals surface area contributed by atoms with E-state index in [1.807, 2.05) is 45.0 Å². The van der Waals surface area contributed by atoms with Crippen molar-refractivity contribution < 1.29 is 18.0 Å². The van der Waals surface area contributed by atoms with Crippen molar-refractivity contribution in [3.8, 4) is 0 Å².